The fraction of sp³-hybridized carbons (Fsp3) is 0.0625. The molecule has 106 valence electrons. The molecule has 0 heterocycles. The molecule has 3 nitrogen and oxygen atoms in total. The fourth-order valence-electron chi connectivity index (χ4n) is 1.72. The Balaban J connectivity index is 2.47. The molecule has 0 N–H and O–H groups in total. The maximum absolute atomic E-state index is 12.4. The predicted molar refractivity (Wildman–Crippen MR) is 86.1 cm³/mol. The smallest absolute Gasteiger partial charge is 0.216 e. The summed E-state index contributed by atoms with van der Waals surface area (Å²) in [5, 5.41) is 9.19. The molecule has 0 aliphatic rings. The molecule has 0 spiro atoms. The lowest BCUT2D eigenvalue weighted by atomic mass is 10.2. The number of halogens is 1. The molecule has 0 bridgehead atoms. The number of nitrogens with zero attached hydrogens (tertiary/aromatic N) is 1. The van der Waals surface area contributed by atoms with Crippen molar-refractivity contribution in [2.75, 3.05) is 0 Å². The van der Waals surface area contributed by atoms with E-state index in [1.807, 2.05) is 6.92 Å². The van der Waals surface area contributed by atoms with Crippen molar-refractivity contribution in [1.82, 2.24) is 0 Å². The van der Waals surface area contributed by atoms with Crippen LogP contribution in [0, 0.1) is 18.3 Å². The van der Waals surface area contributed by atoms with Crippen LogP contribution in [0.5, 0.6) is 0 Å². The zero-order valence-electron chi connectivity index (χ0n) is 11.2. The number of nitriles is 1. The second-order valence-corrected chi connectivity index (χ2v) is 7.32. The Kier molecular flexibility index (Phi) is 4.61. The van der Waals surface area contributed by atoms with Crippen LogP contribution in [-0.4, -0.2) is 8.42 Å². The van der Waals surface area contributed by atoms with Crippen LogP contribution in [0.3, 0.4) is 0 Å². The molecular formula is C16H12BrNO2S. The van der Waals surface area contributed by atoms with Crippen LogP contribution in [-0.2, 0) is 9.84 Å². The Morgan fingerprint density at radius 3 is 2.19 bits per heavy atom. The molecule has 2 rings (SSSR count). The SMILES string of the molecule is Cc1ccc(S(=O)(=O)/C(C#N)=C/c2ccc(Br)cc2)cc1. The molecule has 0 amide bonds. The summed E-state index contributed by atoms with van der Waals surface area (Å²) in [5.74, 6) is 0. The molecule has 0 saturated heterocycles. The summed E-state index contributed by atoms with van der Waals surface area (Å²) in [6.07, 6.45) is 1.38. The summed E-state index contributed by atoms with van der Waals surface area (Å²) < 4.78 is 25.8. The van der Waals surface area contributed by atoms with Gasteiger partial charge in [-0.1, -0.05) is 45.8 Å². The van der Waals surface area contributed by atoms with E-state index >= 15 is 0 Å². The number of sulfone groups is 1. The zero-order valence-corrected chi connectivity index (χ0v) is 13.6. The van der Waals surface area contributed by atoms with E-state index in [9.17, 15) is 13.7 Å². The molecule has 0 saturated carbocycles. The number of benzene rings is 2. The lowest BCUT2D eigenvalue weighted by Gasteiger charge is -2.04. The van der Waals surface area contributed by atoms with Gasteiger partial charge in [-0.05, 0) is 42.8 Å². The summed E-state index contributed by atoms with van der Waals surface area (Å²) in [6.45, 7) is 1.87. The van der Waals surface area contributed by atoms with Gasteiger partial charge in [0.2, 0.25) is 9.84 Å². The first kappa shape index (κ1) is 15.5. The summed E-state index contributed by atoms with van der Waals surface area (Å²) in [7, 11) is -3.79. The number of hydrogen-bond donors (Lipinski definition) is 0. The highest BCUT2D eigenvalue weighted by atomic mass is 79.9. The van der Waals surface area contributed by atoms with Gasteiger partial charge in [-0.3, -0.25) is 0 Å². The first-order valence-electron chi connectivity index (χ1n) is 6.12. The standard InChI is InChI=1S/C16H12BrNO2S/c1-12-2-8-15(9-3-12)21(19,20)16(11-18)10-13-4-6-14(17)7-5-13/h2-10H,1H3/b16-10+. The minimum atomic E-state index is -3.79. The van der Waals surface area contributed by atoms with Crippen molar-refractivity contribution < 1.29 is 8.42 Å². The van der Waals surface area contributed by atoms with Crippen LogP contribution < -0.4 is 0 Å². The van der Waals surface area contributed by atoms with Crippen LogP contribution in [0.2, 0.25) is 0 Å². The number of allylic oxidation sites excluding steroid dienone is 1. The summed E-state index contributed by atoms with van der Waals surface area (Å²) in [6, 6.07) is 15.3. The molecule has 0 aliphatic heterocycles. The van der Waals surface area contributed by atoms with Gasteiger partial charge in [-0.25, -0.2) is 8.42 Å². The molecule has 0 atom stereocenters. The van der Waals surface area contributed by atoms with Crippen molar-refractivity contribution in [1.29, 1.82) is 5.26 Å². The van der Waals surface area contributed by atoms with E-state index in [0.717, 1.165) is 10.0 Å². The van der Waals surface area contributed by atoms with Crippen LogP contribution in [0.15, 0.2) is 62.8 Å². The normalized spacial score (nSPS) is 12.0. The third-order valence-electron chi connectivity index (χ3n) is 2.90. The molecule has 5 heteroatoms. The monoisotopic (exact) mass is 361 g/mol. The van der Waals surface area contributed by atoms with Gasteiger partial charge in [-0.2, -0.15) is 5.26 Å². The Bertz CT molecular complexity index is 814. The maximum Gasteiger partial charge on any atom is 0.216 e. The third kappa shape index (κ3) is 3.60. The lowest BCUT2D eigenvalue weighted by molar-refractivity contribution is 0.603. The van der Waals surface area contributed by atoms with Crippen LogP contribution in [0.25, 0.3) is 6.08 Å². The van der Waals surface area contributed by atoms with Gasteiger partial charge in [0.15, 0.2) is 0 Å². The highest BCUT2D eigenvalue weighted by molar-refractivity contribution is 9.10. The Hall–Kier alpha value is -1.90. The van der Waals surface area contributed by atoms with Crippen molar-refractivity contribution in [3.63, 3.8) is 0 Å². The lowest BCUT2D eigenvalue weighted by Crippen LogP contribution is -2.03. The molecule has 0 aromatic heterocycles. The average molecular weight is 362 g/mol. The van der Waals surface area contributed by atoms with E-state index in [2.05, 4.69) is 15.9 Å². The van der Waals surface area contributed by atoms with Crippen LogP contribution in [0.4, 0.5) is 0 Å². The van der Waals surface area contributed by atoms with Gasteiger partial charge < -0.3 is 0 Å². The second kappa shape index (κ2) is 6.25. The van der Waals surface area contributed by atoms with E-state index in [4.69, 9.17) is 0 Å². The van der Waals surface area contributed by atoms with Crippen molar-refractivity contribution in [3.05, 3.63) is 69.0 Å². The quantitative estimate of drug-likeness (QED) is 0.773. The molecule has 0 unspecified atom stereocenters. The van der Waals surface area contributed by atoms with E-state index in [0.29, 0.717) is 5.56 Å². The molecule has 2 aromatic rings. The van der Waals surface area contributed by atoms with Crippen molar-refractivity contribution in [3.8, 4) is 6.07 Å². The van der Waals surface area contributed by atoms with E-state index < -0.39 is 9.84 Å². The van der Waals surface area contributed by atoms with Crippen molar-refractivity contribution in [2.45, 2.75) is 11.8 Å². The highest BCUT2D eigenvalue weighted by Crippen LogP contribution is 2.22. The average Bonchev–Trinajstić information content (AvgIpc) is 2.47. The predicted octanol–water partition coefficient (Wildman–Crippen LogP) is 4.10. The minimum Gasteiger partial charge on any atom is -0.218 e. The third-order valence-corrected chi connectivity index (χ3v) is 5.11. The first-order valence-corrected chi connectivity index (χ1v) is 8.40. The van der Waals surface area contributed by atoms with E-state index in [1.165, 1.54) is 18.2 Å². The largest absolute Gasteiger partial charge is 0.218 e. The Morgan fingerprint density at radius 1 is 1.10 bits per heavy atom. The second-order valence-electron chi connectivity index (χ2n) is 4.49. The van der Waals surface area contributed by atoms with Crippen LogP contribution >= 0.6 is 15.9 Å². The molecular weight excluding hydrogens is 350 g/mol. The fourth-order valence-corrected chi connectivity index (χ4v) is 3.15. The van der Waals surface area contributed by atoms with E-state index in [1.54, 1.807) is 42.5 Å². The Labute approximate surface area is 132 Å². The summed E-state index contributed by atoms with van der Waals surface area (Å²) in [5.41, 5.74) is 1.62. The molecule has 0 aliphatic carbocycles. The highest BCUT2D eigenvalue weighted by Gasteiger charge is 2.20. The first-order chi connectivity index (χ1) is 9.93. The topological polar surface area (TPSA) is 57.9 Å². The minimum absolute atomic E-state index is 0.123. The van der Waals surface area contributed by atoms with Gasteiger partial charge in [0.25, 0.3) is 0 Å². The van der Waals surface area contributed by atoms with Crippen molar-refractivity contribution >= 4 is 31.8 Å². The van der Waals surface area contributed by atoms with Gasteiger partial charge in [0, 0.05) is 4.47 Å². The van der Waals surface area contributed by atoms with Crippen LogP contribution in [0.1, 0.15) is 11.1 Å². The zero-order chi connectivity index (χ0) is 15.5. The van der Waals surface area contributed by atoms with Gasteiger partial charge in [0.1, 0.15) is 11.0 Å². The van der Waals surface area contributed by atoms with Crippen molar-refractivity contribution in [2.24, 2.45) is 0 Å². The molecule has 2 aromatic carbocycles. The molecule has 21 heavy (non-hydrogen) atoms. The van der Waals surface area contributed by atoms with E-state index in [-0.39, 0.29) is 9.80 Å². The van der Waals surface area contributed by atoms with Gasteiger partial charge >= 0.3 is 0 Å². The summed E-state index contributed by atoms with van der Waals surface area (Å²) in [4.78, 5) is -0.147. The molecule has 0 radical (unpaired) electrons. The van der Waals surface area contributed by atoms with Gasteiger partial charge in [0.05, 0.1) is 4.90 Å². The number of rotatable bonds is 3. The Morgan fingerprint density at radius 2 is 1.67 bits per heavy atom. The summed E-state index contributed by atoms with van der Waals surface area (Å²) >= 11 is 3.31. The number of hydrogen-bond acceptors (Lipinski definition) is 3. The maximum atomic E-state index is 12.4. The van der Waals surface area contributed by atoms with Gasteiger partial charge in [-0.15, -0.1) is 0 Å². The number of aryl methyl sites for hydroxylation is 1. The molecule has 0 fully saturated rings.